The molecule has 3 aromatic rings. The molecule has 0 bridgehead atoms. The van der Waals surface area contributed by atoms with Crippen LogP contribution in [0.4, 0.5) is 5.69 Å². The van der Waals surface area contributed by atoms with Crippen LogP contribution in [-0.2, 0) is 0 Å². The Morgan fingerprint density at radius 3 is 2.71 bits per heavy atom. The van der Waals surface area contributed by atoms with E-state index in [2.05, 4.69) is 15.3 Å². The summed E-state index contributed by atoms with van der Waals surface area (Å²) < 4.78 is 7.36. The zero-order valence-electron chi connectivity index (χ0n) is 13.6. The molecule has 1 aromatic carbocycles. The first-order chi connectivity index (χ1) is 11.7. The third-order valence-corrected chi connectivity index (χ3v) is 3.51. The van der Waals surface area contributed by atoms with Gasteiger partial charge in [0.2, 0.25) is 0 Å². The van der Waals surface area contributed by atoms with E-state index in [9.17, 15) is 4.79 Å². The number of hydrogen-bond donors (Lipinski definition) is 1. The van der Waals surface area contributed by atoms with Crippen molar-refractivity contribution in [3.05, 3.63) is 66.4 Å². The SMILES string of the molecule is CCOc1ccccc1C(=O)Nc1ccc(-n2ccnc2C)nc1. The predicted molar refractivity (Wildman–Crippen MR) is 91.7 cm³/mol. The quantitative estimate of drug-likeness (QED) is 0.783. The topological polar surface area (TPSA) is 69.0 Å². The number of benzene rings is 1. The lowest BCUT2D eigenvalue weighted by Gasteiger charge is -2.11. The number of aromatic nitrogens is 3. The Hall–Kier alpha value is -3.15. The molecule has 0 radical (unpaired) electrons. The summed E-state index contributed by atoms with van der Waals surface area (Å²) in [6.45, 7) is 4.29. The van der Waals surface area contributed by atoms with E-state index in [4.69, 9.17) is 4.74 Å². The summed E-state index contributed by atoms with van der Waals surface area (Å²) in [5.41, 5.74) is 1.11. The number of carbonyl (C=O) groups excluding carboxylic acids is 1. The van der Waals surface area contributed by atoms with Crippen molar-refractivity contribution in [3.8, 4) is 11.6 Å². The van der Waals surface area contributed by atoms with Gasteiger partial charge in [-0.2, -0.15) is 0 Å². The fourth-order valence-electron chi connectivity index (χ4n) is 2.36. The van der Waals surface area contributed by atoms with Crippen LogP contribution in [0, 0.1) is 6.92 Å². The van der Waals surface area contributed by atoms with Crippen LogP contribution in [0.5, 0.6) is 5.75 Å². The Kier molecular flexibility index (Phi) is 4.56. The van der Waals surface area contributed by atoms with Gasteiger partial charge in [-0.25, -0.2) is 9.97 Å². The van der Waals surface area contributed by atoms with Gasteiger partial charge in [0.25, 0.3) is 5.91 Å². The number of imidazole rings is 1. The van der Waals surface area contributed by atoms with Gasteiger partial charge in [-0.05, 0) is 38.1 Å². The molecule has 0 saturated carbocycles. The lowest BCUT2D eigenvalue weighted by molar-refractivity contribution is 0.102. The Labute approximate surface area is 140 Å². The summed E-state index contributed by atoms with van der Waals surface area (Å²) in [7, 11) is 0. The molecule has 0 unspecified atom stereocenters. The molecule has 2 aromatic heterocycles. The van der Waals surface area contributed by atoms with E-state index in [1.807, 2.05) is 42.8 Å². The molecule has 6 nitrogen and oxygen atoms in total. The molecule has 1 N–H and O–H groups in total. The van der Waals surface area contributed by atoms with Gasteiger partial charge in [-0.15, -0.1) is 0 Å². The van der Waals surface area contributed by atoms with E-state index in [0.717, 1.165) is 11.6 Å². The molecule has 2 heterocycles. The number of rotatable bonds is 5. The van der Waals surface area contributed by atoms with Crippen molar-refractivity contribution in [2.45, 2.75) is 13.8 Å². The second kappa shape index (κ2) is 6.95. The summed E-state index contributed by atoms with van der Waals surface area (Å²) in [5.74, 6) is 1.94. The van der Waals surface area contributed by atoms with Crippen LogP contribution in [0.15, 0.2) is 55.0 Å². The highest BCUT2D eigenvalue weighted by molar-refractivity contribution is 6.06. The Morgan fingerprint density at radius 2 is 2.04 bits per heavy atom. The van der Waals surface area contributed by atoms with Crippen molar-refractivity contribution >= 4 is 11.6 Å². The van der Waals surface area contributed by atoms with Crippen LogP contribution in [0.2, 0.25) is 0 Å². The molecule has 6 heteroatoms. The molecule has 3 rings (SSSR count). The number of pyridine rings is 1. The number of hydrogen-bond acceptors (Lipinski definition) is 4. The Balaban J connectivity index is 1.77. The fourth-order valence-corrected chi connectivity index (χ4v) is 2.36. The second-order valence-electron chi connectivity index (χ2n) is 5.13. The number of amides is 1. The van der Waals surface area contributed by atoms with Gasteiger partial charge < -0.3 is 10.1 Å². The molecule has 0 saturated heterocycles. The van der Waals surface area contributed by atoms with Gasteiger partial charge in [-0.1, -0.05) is 12.1 Å². The van der Waals surface area contributed by atoms with Crippen molar-refractivity contribution in [2.75, 3.05) is 11.9 Å². The summed E-state index contributed by atoms with van der Waals surface area (Å²) in [6, 6.07) is 10.8. The first-order valence-electron chi connectivity index (χ1n) is 7.68. The summed E-state index contributed by atoms with van der Waals surface area (Å²) >= 11 is 0. The molecule has 0 aliphatic rings. The predicted octanol–water partition coefficient (Wildman–Crippen LogP) is 3.23. The third kappa shape index (κ3) is 3.27. The van der Waals surface area contributed by atoms with Crippen LogP contribution in [0.25, 0.3) is 5.82 Å². The van der Waals surface area contributed by atoms with Gasteiger partial charge in [0.05, 0.1) is 24.1 Å². The Bertz CT molecular complexity index is 840. The maximum Gasteiger partial charge on any atom is 0.259 e. The summed E-state index contributed by atoms with van der Waals surface area (Å²) in [4.78, 5) is 21.0. The van der Waals surface area contributed by atoms with Crippen molar-refractivity contribution in [1.82, 2.24) is 14.5 Å². The monoisotopic (exact) mass is 322 g/mol. The van der Waals surface area contributed by atoms with Crippen LogP contribution >= 0.6 is 0 Å². The van der Waals surface area contributed by atoms with E-state index < -0.39 is 0 Å². The van der Waals surface area contributed by atoms with Crippen LogP contribution < -0.4 is 10.1 Å². The van der Waals surface area contributed by atoms with E-state index in [1.165, 1.54) is 0 Å². The molecular weight excluding hydrogens is 304 g/mol. The number of nitrogens with zero attached hydrogens (tertiary/aromatic N) is 3. The van der Waals surface area contributed by atoms with Gasteiger partial charge >= 0.3 is 0 Å². The minimum atomic E-state index is -0.229. The minimum absolute atomic E-state index is 0.229. The number of para-hydroxylation sites is 1. The smallest absolute Gasteiger partial charge is 0.259 e. The second-order valence-corrected chi connectivity index (χ2v) is 5.13. The van der Waals surface area contributed by atoms with E-state index in [1.54, 1.807) is 30.6 Å². The molecule has 0 aliphatic heterocycles. The zero-order valence-corrected chi connectivity index (χ0v) is 13.6. The standard InChI is InChI=1S/C18H18N4O2/c1-3-24-16-7-5-4-6-15(16)18(23)21-14-8-9-17(20-12-14)22-11-10-19-13(22)2/h4-12H,3H2,1-2H3,(H,21,23). The van der Waals surface area contributed by atoms with Crippen LogP contribution in [-0.4, -0.2) is 27.0 Å². The van der Waals surface area contributed by atoms with Crippen molar-refractivity contribution < 1.29 is 9.53 Å². The normalized spacial score (nSPS) is 10.4. The van der Waals surface area contributed by atoms with Crippen molar-refractivity contribution in [1.29, 1.82) is 0 Å². The minimum Gasteiger partial charge on any atom is -0.493 e. The van der Waals surface area contributed by atoms with E-state index >= 15 is 0 Å². The van der Waals surface area contributed by atoms with E-state index in [0.29, 0.717) is 23.6 Å². The molecule has 0 aliphatic carbocycles. The number of carbonyl (C=O) groups is 1. The summed E-state index contributed by atoms with van der Waals surface area (Å²) in [5, 5.41) is 2.84. The average molecular weight is 322 g/mol. The van der Waals surface area contributed by atoms with Crippen molar-refractivity contribution in [3.63, 3.8) is 0 Å². The van der Waals surface area contributed by atoms with E-state index in [-0.39, 0.29) is 5.91 Å². The molecule has 0 fully saturated rings. The maximum atomic E-state index is 12.4. The highest BCUT2D eigenvalue weighted by atomic mass is 16.5. The first-order valence-corrected chi connectivity index (χ1v) is 7.68. The zero-order chi connectivity index (χ0) is 16.9. The number of nitrogens with one attached hydrogen (secondary N) is 1. The third-order valence-electron chi connectivity index (χ3n) is 3.51. The van der Waals surface area contributed by atoms with Gasteiger partial charge in [-0.3, -0.25) is 9.36 Å². The fraction of sp³-hybridized carbons (Fsp3) is 0.167. The molecule has 24 heavy (non-hydrogen) atoms. The number of aryl methyl sites for hydroxylation is 1. The lowest BCUT2D eigenvalue weighted by atomic mass is 10.2. The first kappa shape index (κ1) is 15.7. The number of ether oxygens (including phenoxy) is 1. The maximum absolute atomic E-state index is 12.4. The van der Waals surface area contributed by atoms with Crippen molar-refractivity contribution in [2.24, 2.45) is 0 Å². The largest absolute Gasteiger partial charge is 0.493 e. The van der Waals surface area contributed by atoms with Gasteiger partial charge in [0.1, 0.15) is 17.4 Å². The number of anilines is 1. The highest BCUT2D eigenvalue weighted by Crippen LogP contribution is 2.20. The molecule has 0 spiro atoms. The van der Waals surface area contributed by atoms with Gasteiger partial charge in [0.15, 0.2) is 0 Å². The highest BCUT2D eigenvalue weighted by Gasteiger charge is 2.12. The molecule has 1 amide bonds. The van der Waals surface area contributed by atoms with Gasteiger partial charge in [0, 0.05) is 12.4 Å². The van der Waals surface area contributed by atoms with Crippen LogP contribution in [0.1, 0.15) is 23.1 Å². The average Bonchev–Trinajstić information content (AvgIpc) is 3.02. The molecule has 0 atom stereocenters. The van der Waals surface area contributed by atoms with Crippen LogP contribution in [0.3, 0.4) is 0 Å². The molecular formula is C18H18N4O2. The lowest BCUT2D eigenvalue weighted by Crippen LogP contribution is -2.14. The molecule has 122 valence electrons. The summed E-state index contributed by atoms with van der Waals surface area (Å²) in [6.07, 6.45) is 5.18. The Morgan fingerprint density at radius 1 is 1.21 bits per heavy atom.